The first-order valence-electron chi connectivity index (χ1n) is 7.70. The van der Waals surface area contributed by atoms with Gasteiger partial charge in [0.2, 0.25) is 0 Å². The fourth-order valence-corrected chi connectivity index (χ4v) is 2.82. The van der Waals surface area contributed by atoms with Crippen LogP contribution in [-0.2, 0) is 4.74 Å². The summed E-state index contributed by atoms with van der Waals surface area (Å²) in [6.07, 6.45) is 9.81. The molecule has 0 spiro atoms. The molecular formula is C18H22NO2. The number of rotatable bonds is 5. The molecule has 1 aliphatic carbocycles. The minimum atomic E-state index is 0.306. The van der Waals surface area contributed by atoms with Gasteiger partial charge in [-0.3, -0.25) is 4.90 Å². The van der Waals surface area contributed by atoms with Crippen LogP contribution in [0.25, 0.3) is 0 Å². The first kappa shape index (κ1) is 14.2. The molecule has 0 saturated carbocycles. The predicted octanol–water partition coefficient (Wildman–Crippen LogP) is 3.27. The second-order valence-electron chi connectivity index (χ2n) is 5.61. The van der Waals surface area contributed by atoms with Gasteiger partial charge in [-0.15, -0.1) is 0 Å². The van der Waals surface area contributed by atoms with Crippen LogP contribution in [0, 0.1) is 5.92 Å². The van der Waals surface area contributed by atoms with Crippen LogP contribution in [0.15, 0.2) is 48.3 Å². The number of phenolic OH excluding ortho intramolecular Hbond substituents is 1. The molecule has 1 aromatic rings. The molecule has 1 N–H and O–H groups in total. The van der Waals surface area contributed by atoms with E-state index in [9.17, 15) is 5.11 Å². The number of benzene rings is 1. The highest BCUT2D eigenvalue weighted by Crippen LogP contribution is 2.27. The van der Waals surface area contributed by atoms with Crippen molar-refractivity contribution in [3.63, 3.8) is 0 Å². The molecule has 1 aliphatic heterocycles. The number of ether oxygens (including phenoxy) is 1. The van der Waals surface area contributed by atoms with Gasteiger partial charge in [0.15, 0.2) is 0 Å². The van der Waals surface area contributed by atoms with Crippen LogP contribution >= 0.6 is 0 Å². The van der Waals surface area contributed by atoms with Crippen LogP contribution in [0.1, 0.15) is 24.8 Å². The van der Waals surface area contributed by atoms with Crippen molar-refractivity contribution >= 4 is 0 Å². The second kappa shape index (κ2) is 6.81. The van der Waals surface area contributed by atoms with Crippen LogP contribution in [-0.4, -0.2) is 36.2 Å². The normalized spacial score (nSPS) is 19.7. The lowest BCUT2D eigenvalue weighted by atomic mass is 9.92. The summed E-state index contributed by atoms with van der Waals surface area (Å²) in [6.45, 7) is 4.23. The summed E-state index contributed by atoms with van der Waals surface area (Å²) in [5.41, 5.74) is 1.15. The van der Waals surface area contributed by atoms with E-state index in [0.717, 1.165) is 30.9 Å². The fraction of sp³-hybridized carbons (Fsp3) is 0.389. The highest BCUT2D eigenvalue weighted by molar-refractivity contribution is 5.44. The van der Waals surface area contributed by atoms with Crippen LogP contribution in [0.3, 0.4) is 0 Å². The number of nitrogens with zero attached hydrogens (tertiary/aromatic N) is 1. The predicted molar refractivity (Wildman–Crippen MR) is 83.9 cm³/mol. The Kier molecular flexibility index (Phi) is 4.61. The van der Waals surface area contributed by atoms with E-state index < -0.39 is 0 Å². The molecule has 3 heteroatoms. The van der Waals surface area contributed by atoms with Gasteiger partial charge in [0.05, 0.1) is 0 Å². The van der Waals surface area contributed by atoms with E-state index in [1.54, 1.807) is 12.1 Å². The standard InChI is InChI=1S/C18H22NO2/c20-17-7-3-15(4-8-17)16-5-9-18(10-6-16)21-14-13-19-11-1-2-12-19/h3-5,7-10,20H,1-2,6,11-14H2. The maximum absolute atomic E-state index is 9.32. The number of allylic oxidation sites excluding steroid dienone is 3. The second-order valence-corrected chi connectivity index (χ2v) is 5.61. The molecule has 3 rings (SSSR count). The first-order chi connectivity index (χ1) is 10.3. The number of hydrogen-bond donors (Lipinski definition) is 1. The Hall–Kier alpha value is -1.74. The maximum Gasteiger partial charge on any atom is 0.115 e. The largest absolute Gasteiger partial charge is 0.508 e. The Morgan fingerprint density at radius 3 is 2.48 bits per heavy atom. The number of phenols is 1. The zero-order chi connectivity index (χ0) is 14.5. The molecule has 3 nitrogen and oxygen atoms in total. The third kappa shape index (κ3) is 3.88. The highest BCUT2D eigenvalue weighted by atomic mass is 16.5. The average molecular weight is 284 g/mol. The quantitative estimate of drug-likeness (QED) is 0.900. The van der Waals surface area contributed by atoms with Crippen LogP contribution in [0.5, 0.6) is 5.75 Å². The zero-order valence-corrected chi connectivity index (χ0v) is 12.3. The molecule has 0 unspecified atom stereocenters. The molecule has 1 saturated heterocycles. The van der Waals surface area contributed by atoms with Crippen molar-refractivity contribution in [1.82, 2.24) is 4.90 Å². The van der Waals surface area contributed by atoms with Crippen LogP contribution in [0.4, 0.5) is 0 Å². The molecule has 111 valence electrons. The van der Waals surface area contributed by atoms with E-state index in [4.69, 9.17) is 4.74 Å². The van der Waals surface area contributed by atoms with Crippen molar-refractivity contribution in [3.8, 4) is 5.75 Å². The molecule has 21 heavy (non-hydrogen) atoms. The van der Waals surface area contributed by atoms with E-state index >= 15 is 0 Å². The van der Waals surface area contributed by atoms with Gasteiger partial charge in [-0.1, -0.05) is 18.2 Å². The van der Waals surface area contributed by atoms with E-state index in [0.29, 0.717) is 5.75 Å². The summed E-state index contributed by atoms with van der Waals surface area (Å²) < 4.78 is 5.83. The van der Waals surface area contributed by atoms with E-state index in [1.165, 1.54) is 31.8 Å². The maximum atomic E-state index is 9.32. The topological polar surface area (TPSA) is 32.7 Å². The Morgan fingerprint density at radius 2 is 1.81 bits per heavy atom. The third-order valence-corrected chi connectivity index (χ3v) is 4.08. The SMILES string of the molecule is Oc1ccc([C]2C=CC(OCCN3CCCC3)=CC2)cc1. The lowest BCUT2D eigenvalue weighted by molar-refractivity contribution is 0.179. The summed E-state index contributed by atoms with van der Waals surface area (Å²) in [7, 11) is 0. The number of aromatic hydroxyl groups is 1. The Morgan fingerprint density at radius 1 is 1.05 bits per heavy atom. The monoisotopic (exact) mass is 284 g/mol. The van der Waals surface area contributed by atoms with Crippen molar-refractivity contribution in [1.29, 1.82) is 0 Å². The molecule has 1 radical (unpaired) electrons. The van der Waals surface area contributed by atoms with Gasteiger partial charge in [0.25, 0.3) is 0 Å². The van der Waals surface area contributed by atoms with Crippen molar-refractivity contribution in [2.75, 3.05) is 26.2 Å². The summed E-state index contributed by atoms with van der Waals surface area (Å²) in [5, 5.41) is 9.32. The summed E-state index contributed by atoms with van der Waals surface area (Å²) in [6, 6.07) is 7.34. The highest BCUT2D eigenvalue weighted by Gasteiger charge is 2.14. The van der Waals surface area contributed by atoms with Crippen molar-refractivity contribution < 1.29 is 9.84 Å². The van der Waals surface area contributed by atoms with Crippen molar-refractivity contribution in [2.24, 2.45) is 0 Å². The van der Waals surface area contributed by atoms with Crippen molar-refractivity contribution in [3.05, 3.63) is 59.7 Å². The van der Waals surface area contributed by atoms with Gasteiger partial charge in [0.1, 0.15) is 18.1 Å². The number of likely N-dealkylation sites (tertiary alicyclic amines) is 1. The lowest BCUT2D eigenvalue weighted by Gasteiger charge is -2.18. The zero-order valence-electron chi connectivity index (χ0n) is 12.3. The molecule has 2 aliphatic rings. The van der Waals surface area contributed by atoms with Gasteiger partial charge in [-0.25, -0.2) is 0 Å². The van der Waals surface area contributed by atoms with Gasteiger partial charge in [-0.2, -0.15) is 0 Å². The first-order valence-corrected chi connectivity index (χ1v) is 7.70. The van der Waals surface area contributed by atoms with Crippen LogP contribution < -0.4 is 0 Å². The van der Waals surface area contributed by atoms with E-state index in [-0.39, 0.29) is 0 Å². The third-order valence-electron chi connectivity index (χ3n) is 4.08. The van der Waals surface area contributed by atoms with E-state index in [1.807, 2.05) is 18.2 Å². The molecule has 0 amide bonds. The van der Waals surface area contributed by atoms with E-state index in [2.05, 4.69) is 17.1 Å². The fourth-order valence-electron chi connectivity index (χ4n) is 2.82. The average Bonchev–Trinajstić information content (AvgIpc) is 3.02. The van der Waals surface area contributed by atoms with Gasteiger partial charge in [-0.05, 0) is 62.2 Å². The van der Waals surface area contributed by atoms with Crippen LogP contribution in [0.2, 0.25) is 0 Å². The molecule has 0 bridgehead atoms. The molecule has 1 aromatic carbocycles. The summed E-state index contributed by atoms with van der Waals surface area (Å²) in [4.78, 5) is 2.46. The smallest absolute Gasteiger partial charge is 0.115 e. The number of hydrogen-bond acceptors (Lipinski definition) is 3. The molecule has 0 atom stereocenters. The van der Waals surface area contributed by atoms with Gasteiger partial charge in [0, 0.05) is 12.5 Å². The summed E-state index contributed by atoms with van der Waals surface area (Å²) in [5.74, 6) is 2.53. The summed E-state index contributed by atoms with van der Waals surface area (Å²) >= 11 is 0. The minimum absolute atomic E-state index is 0.306. The molecule has 1 heterocycles. The van der Waals surface area contributed by atoms with Gasteiger partial charge >= 0.3 is 0 Å². The molecular weight excluding hydrogens is 262 g/mol. The lowest BCUT2D eigenvalue weighted by Crippen LogP contribution is -2.23. The Balaban J connectivity index is 1.45. The Bertz CT molecular complexity index is 513. The van der Waals surface area contributed by atoms with Crippen molar-refractivity contribution in [2.45, 2.75) is 19.3 Å². The Labute approximate surface area is 126 Å². The van der Waals surface area contributed by atoms with Gasteiger partial charge < -0.3 is 9.84 Å². The molecule has 1 fully saturated rings. The minimum Gasteiger partial charge on any atom is -0.508 e. The molecule has 0 aromatic heterocycles.